The van der Waals surface area contributed by atoms with Crippen molar-refractivity contribution in [3.63, 3.8) is 0 Å². The van der Waals surface area contributed by atoms with Crippen LogP contribution in [0.25, 0.3) is 0 Å². The van der Waals surface area contributed by atoms with Crippen LogP contribution in [0.3, 0.4) is 0 Å². The van der Waals surface area contributed by atoms with Crippen LogP contribution in [-0.2, 0) is 9.53 Å². The Morgan fingerprint density at radius 1 is 1.67 bits per heavy atom. The van der Waals surface area contributed by atoms with E-state index in [9.17, 15) is 4.79 Å². The Morgan fingerprint density at radius 2 is 2.42 bits per heavy atom. The van der Waals surface area contributed by atoms with E-state index in [-0.39, 0.29) is 18.1 Å². The molecule has 1 aliphatic rings. The maximum atomic E-state index is 11.0. The molecule has 1 N–H and O–H groups in total. The predicted molar refractivity (Wildman–Crippen MR) is 50.4 cm³/mol. The van der Waals surface area contributed by atoms with Gasteiger partial charge in [0, 0.05) is 7.11 Å². The van der Waals surface area contributed by atoms with E-state index in [0.29, 0.717) is 5.33 Å². The van der Waals surface area contributed by atoms with Crippen molar-refractivity contribution in [1.82, 2.24) is 5.32 Å². The van der Waals surface area contributed by atoms with E-state index < -0.39 is 0 Å². The summed E-state index contributed by atoms with van der Waals surface area (Å²) >= 11 is 3.11. The molecule has 0 aromatic rings. The Labute approximate surface area is 81.0 Å². The first-order chi connectivity index (χ1) is 5.77. The summed E-state index contributed by atoms with van der Waals surface area (Å²) in [5.74, 6) is 0.0453. The number of nitrogens with one attached hydrogen (secondary N) is 1. The Kier molecular flexibility index (Phi) is 4.01. The fraction of sp³-hybridized carbons (Fsp3) is 0.875. The molecule has 0 aromatic carbocycles. The molecule has 1 fully saturated rings. The third kappa shape index (κ3) is 2.45. The van der Waals surface area contributed by atoms with E-state index in [0.717, 1.165) is 19.3 Å². The summed E-state index contributed by atoms with van der Waals surface area (Å²) in [5, 5.41) is 3.29. The van der Waals surface area contributed by atoms with E-state index in [1.54, 1.807) is 7.11 Å². The SMILES string of the molecule is COC1CCCC1NC(=O)CBr. The zero-order valence-corrected chi connectivity index (χ0v) is 8.76. The second-order valence-corrected chi connectivity index (χ2v) is 3.57. The smallest absolute Gasteiger partial charge is 0.230 e. The molecule has 2 atom stereocenters. The number of amides is 1. The quantitative estimate of drug-likeness (QED) is 0.744. The largest absolute Gasteiger partial charge is 0.379 e. The van der Waals surface area contributed by atoms with Crippen LogP contribution in [0.15, 0.2) is 0 Å². The molecule has 0 radical (unpaired) electrons. The monoisotopic (exact) mass is 235 g/mol. The highest BCUT2D eigenvalue weighted by Crippen LogP contribution is 2.21. The summed E-state index contributed by atoms with van der Waals surface area (Å²) in [6.07, 6.45) is 3.46. The highest BCUT2D eigenvalue weighted by atomic mass is 79.9. The van der Waals surface area contributed by atoms with E-state index in [1.807, 2.05) is 0 Å². The first-order valence-electron chi connectivity index (χ1n) is 4.16. The second kappa shape index (κ2) is 4.82. The van der Waals surface area contributed by atoms with Gasteiger partial charge in [-0.05, 0) is 19.3 Å². The van der Waals surface area contributed by atoms with Crippen molar-refractivity contribution < 1.29 is 9.53 Å². The van der Waals surface area contributed by atoms with Gasteiger partial charge in [-0.1, -0.05) is 15.9 Å². The van der Waals surface area contributed by atoms with E-state index >= 15 is 0 Å². The molecule has 0 bridgehead atoms. The zero-order valence-electron chi connectivity index (χ0n) is 7.18. The number of carbonyl (C=O) groups excluding carboxylic acids is 1. The standard InChI is InChI=1S/C8H14BrNO2/c1-12-7-4-2-3-6(7)10-8(11)5-9/h6-7H,2-5H2,1H3,(H,10,11). The van der Waals surface area contributed by atoms with Crippen molar-refractivity contribution in [2.24, 2.45) is 0 Å². The van der Waals surface area contributed by atoms with Crippen LogP contribution in [0.4, 0.5) is 0 Å². The van der Waals surface area contributed by atoms with Gasteiger partial charge < -0.3 is 10.1 Å². The molecule has 1 amide bonds. The van der Waals surface area contributed by atoms with Crippen molar-refractivity contribution in [3.05, 3.63) is 0 Å². The molecular weight excluding hydrogens is 222 g/mol. The summed E-state index contributed by atoms with van der Waals surface area (Å²) in [5.41, 5.74) is 0. The molecule has 1 saturated carbocycles. The first kappa shape index (κ1) is 9.99. The number of alkyl halides is 1. The molecule has 3 nitrogen and oxygen atoms in total. The van der Waals surface area contributed by atoms with Crippen molar-refractivity contribution >= 4 is 21.8 Å². The fourth-order valence-electron chi connectivity index (χ4n) is 1.62. The summed E-state index contributed by atoms with van der Waals surface area (Å²) in [6, 6.07) is 0.222. The van der Waals surface area contributed by atoms with Crippen LogP contribution < -0.4 is 5.32 Å². The highest BCUT2D eigenvalue weighted by molar-refractivity contribution is 9.09. The first-order valence-corrected chi connectivity index (χ1v) is 5.28. The molecule has 0 spiro atoms. The number of hydrogen-bond donors (Lipinski definition) is 1. The molecule has 2 unspecified atom stereocenters. The molecule has 12 heavy (non-hydrogen) atoms. The van der Waals surface area contributed by atoms with Gasteiger partial charge >= 0.3 is 0 Å². The minimum Gasteiger partial charge on any atom is -0.379 e. The van der Waals surface area contributed by atoms with E-state index in [4.69, 9.17) is 4.74 Å². The average molecular weight is 236 g/mol. The number of rotatable bonds is 3. The predicted octanol–water partition coefficient (Wildman–Crippen LogP) is 1.06. The lowest BCUT2D eigenvalue weighted by Crippen LogP contribution is -2.41. The fourth-order valence-corrected chi connectivity index (χ4v) is 1.78. The third-order valence-corrected chi connectivity index (χ3v) is 2.73. The lowest BCUT2D eigenvalue weighted by molar-refractivity contribution is -0.119. The van der Waals surface area contributed by atoms with Gasteiger partial charge in [-0.25, -0.2) is 0 Å². The minimum atomic E-state index is 0.0453. The Hall–Kier alpha value is -0.0900. The van der Waals surface area contributed by atoms with Crippen LogP contribution in [0.5, 0.6) is 0 Å². The average Bonchev–Trinajstić information content (AvgIpc) is 2.51. The summed E-state index contributed by atoms with van der Waals surface area (Å²) < 4.78 is 5.24. The lowest BCUT2D eigenvalue weighted by Gasteiger charge is -2.18. The lowest BCUT2D eigenvalue weighted by atomic mass is 10.2. The van der Waals surface area contributed by atoms with Crippen LogP contribution in [0.1, 0.15) is 19.3 Å². The maximum Gasteiger partial charge on any atom is 0.230 e. The van der Waals surface area contributed by atoms with Gasteiger partial charge in [0.05, 0.1) is 17.5 Å². The van der Waals surface area contributed by atoms with Gasteiger partial charge in [0.25, 0.3) is 0 Å². The Balaban J connectivity index is 2.35. The number of hydrogen-bond acceptors (Lipinski definition) is 2. The van der Waals surface area contributed by atoms with Crippen LogP contribution in [0, 0.1) is 0 Å². The van der Waals surface area contributed by atoms with Crippen LogP contribution in [-0.4, -0.2) is 30.5 Å². The Bertz CT molecular complexity index is 163. The molecular formula is C8H14BrNO2. The topological polar surface area (TPSA) is 38.3 Å². The van der Waals surface area contributed by atoms with Crippen molar-refractivity contribution in [2.75, 3.05) is 12.4 Å². The number of ether oxygens (including phenoxy) is 1. The third-order valence-electron chi connectivity index (χ3n) is 2.22. The van der Waals surface area contributed by atoms with Gasteiger partial charge in [-0.15, -0.1) is 0 Å². The maximum absolute atomic E-state index is 11.0. The number of methoxy groups -OCH3 is 1. The molecule has 70 valence electrons. The molecule has 0 saturated heterocycles. The van der Waals surface area contributed by atoms with E-state index in [1.165, 1.54) is 0 Å². The normalized spacial score (nSPS) is 28.8. The van der Waals surface area contributed by atoms with Gasteiger partial charge in [0.1, 0.15) is 0 Å². The van der Waals surface area contributed by atoms with E-state index in [2.05, 4.69) is 21.2 Å². The molecule has 0 aromatic heterocycles. The molecule has 4 heteroatoms. The van der Waals surface area contributed by atoms with Gasteiger partial charge in [0.2, 0.25) is 5.91 Å². The summed E-state index contributed by atoms with van der Waals surface area (Å²) in [7, 11) is 1.70. The number of carbonyl (C=O) groups is 1. The van der Waals surface area contributed by atoms with Crippen molar-refractivity contribution in [3.8, 4) is 0 Å². The zero-order chi connectivity index (χ0) is 8.97. The Morgan fingerprint density at radius 3 is 3.00 bits per heavy atom. The molecule has 0 aliphatic heterocycles. The van der Waals surface area contributed by atoms with Gasteiger partial charge in [-0.3, -0.25) is 4.79 Å². The van der Waals surface area contributed by atoms with Gasteiger partial charge in [-0.2, -0.15) is 0 Å². The van der Waals surface area contributed by atoms with Crippen LogP contribution in [0.2, 0.25) is 0 Å². The summed E-state index contributed by atoms with van der Waals surface area (Å²) in [4.78, 5) is 11.0. The summed E-state index contributed by atoms with van der Waals surface area (Å²) in [6.45, 7) is 0. The van der Waals surface area contributed by atoms with Crippen molar-refractivity contribution in [2.45, 2.75) is 31.4 Å². The van der Waals surface area contributed by atoms with Gasteiger partial charge in [0.15, 0.2) is 0 Å². The highest BCUT2D eigenvalue weighted by Gasteiger charge is 2.27. The molecule has 1 rings (SSSR count). The second-order valence-electron chi connectivity index (χ2n) is 3.01. The number of halogens is 1. The minimum absolute atomic E-state index is 0.0453. The molecule has 0 heterocycles. The molecule has 1 aliphatic carbocycles. The van der Waals surface area contributed by atoms with Crippen molar-refractivity contribution in [1.29, 1.82) is 0 Å². The van der Waals surface area contributed by atoms with Crippen LogP contribution >= 0.6 is 15.9 Å².